The second-order valence-corrected chi connectivity index (χ2v) is 5.19. The van der Waals surface area contributed by atoms with Crippen LogP contribution in [0.25, 0.3) is 0 Å². The molecule has 3 rings (SSSR count). The zero-order valence-electron chi connectivity index (χ0n) is 9.52. The lowest BCUT2D eigenvalue weighted by Gasteiger charge is -2.10. The molecule has 2 aliphatic rings. The summed E-state index contributed by atoms with van der Waals surface area (Å²) in [6, 6.07) is 0.973. The molecule has 1 unspecified atom stereocenters. The maximum absolute atomic E-state index is 12.7. The largest absolute Gasteiger partial charge is 0.433 e. The van der Waals surface area contributed by atoms with E-state index >= 15 is 0 Å². The Morgan fingerprint density at radius 3 is 2.79 bits per heavy atom. The van der Waals surface area contributed by atoms with E-state index in [0.29, 0.717) is 16.8 Å². The van der Waals surface area contributed by atoms with E-state index in [1.54, 1.807) is 6.92 Å². The SMILES string of the molecule is Cc1cc(C(F)(F)F)nc2c1C1=NC=NC(=O)C1S2. The lowest BCUT2D eigenvalue weighted by Crippen LogP contribution is -2.25. The molecule has 4 nitrogen and oxygen atoms in total. The number of aryl methyl sites for hydroxylation is 1. The van der Waals surface area contributed by atoms with Crippen LogP contribution in [0.5, 0.6) is 0 Å². The first-order chi connectivity index (χ1) is 8.88. The molecule has 0 bridgehead atoms. The fraction of sp³-hybridized carbons (Fsp3) is 0.273. The van der Waals surface area contributed by atoms with Crippen LogP contribution in [0.3, 0.4) is 0 Å². The Balaban J connectivity index is 2.17. The van der Waals surface area contributed by atoms with Crippen LogP contribution in [0.15, 0.2) is 21.1 Å². The number of thioether (sulfide) groups is 1. The van der Waals surface area contributed by atoms with Gasteiger partial charge in [-0.15, -0.1) is 0 Å². The van der Waals surface area contributed by atoms with Crippen molar-refractivity contribution in [1.29, 1.82) is 0 Å². The molecular weight excluding hydrogens is 279 g/mol. The van der Waals surface area contributed by atoms with Gasteiger partial charge in [-0.25, -0.2) is 15.0 Å². The molecule has 8 heteroatoms. The molecule has 0 N–H and O–H groups in total. The Hall–Kier alpha value is -1.70. The normalized spacial score (nSPS) is 21.2. The highest BCUT2D eigenvalue weighted by molar-refractivity contribution is 8.02. The van der Waals surface area contributed by atoms with Gasteiger partial charge in [0.2, 0.25) is 0 Å². The number of carbonyl (C=O) groups is 1. The highest BCUT2D eigenvalue weighted by atomic mass is 32.2. The minimum atomic E-state index is -4.50. The molecule has 0 aliphatic carbocycles. The zero-order valence-corrected chi connectivity index (χ0v) is 10.3. The van der Waals surface area contributed by atoms with Crippen LogP contribution < -0.4 is 0 Å². The average molecular weight is 285 g/mol. The standard InChI is InChI=1S/C11H6F3N3OS/c1-4-2-5(11(12,13)14)17-10-6(4)7-8(19-10)9(18)16-3-15-7/h2-3,8H,1H3. The van der Waals surface area contributed by atoms with Crippen LogP contribution in [0.4, 0.5) is 13.2 Å². The van der Waals surface area contributed by atoms with Gasteiger partial charge >= 0.3 is 6.18 Å². The smallest absolute Gasteiger partial charge is 0.271 e. The first-order valence-corrected chi connectivity index (χ1v) is 6.16. The number of pyridine rings is 1. The van der Waals surface area contributed by atoms with Crippen LogP contribution in [-0.2, 0) is 11.0 Å². The van der Waals surface area contributed by atoms with Crippen molar-refractivity contribution < 1.29 is 18.0 Å². The number of rotatable bonds is 0. The van der Waals surface area contributed by atoms with Crippen molar-refractivity contribution in [1.82, 2.24) is 4.98 Å². The van der Waals surface area contributed by atoms with E-state index in [1.807, 2.05) is 0 Å². The second kappa shape index (κ2) is 3.89. The minimum Gasteiger partial charge on any atom is -0.271 e. The fourth-order valence-electron chi connectivity index (χ4n) is 2.00. The first-order valence-electron chi connectivity index (χ1n) is 5.28. The number of nitrogens with zero attached hydrogens (tertiary/aromatic N) is 3. The summed E-state index contributed by atoms with van der Waals surface area (Å²) < 4.78 is 38.1. The van der Waals surface area contributed by atoms with Crippen molar-refractivity contribution in [2.45, 2.75) is 23.4 Å². The van der Waals surface area contributed by atoms with Crippen molar-refractivity contribution in [3.63, 3.8) is 0 Å². The number of aliphatic imine (C=N–C) groups is 2. The number of aromatic nitrogens is 1. The molecule has 1 atom stereocenters. The molecule has 1 amide bonds. The molecule has 0 saturated heterocycles. The molecule has 98 valence electrons. The van der Waals surface area contributed by atoms with Crippen LogP contribution in [-0.4, -0.2) is 28.2 Å². The van der Waals surface area contributed by atoms with E-state index in [1.165, 1.54) is 0 Å². The maximum atomic E-state index is 12.7. The molecule has 3 heterocycles. The number of hydrogen-bond donors (Lipinski definition) is 0. The summed E-state index contributed by atoms with van der Waals surface area (Å²) in [6.07, 6.45) is -3.38. The van der Waals surface area contributed by atoms with E-state index in [4.69, 9.17) is 0 Å². The van der Waals surface area contributed by atoms with Gasteiger partial charge in [0.15, 0.2) is 0 Å². The topological polar surface area (TPSA) is 54.7 Å². The molecular formula is C11H6F3N3OS. The molecule has 0 aromatic carbocycles. The third-order valence-electron chi connectivity index (χ3n) is 2.81. The highest BCUT2D eigenvalue weighted by Gasteiger charge is 2.41. The number of hydrogen-bond acceptors (Lipinski definition) is 4. The third-order valence-corrected chi connectivity index (χ3v) is 3.99. The van der Waals surface area contributed by atoms with Crippen molar-refractivity contribution in [2.75, 3.05) is 0 Å². The van der Waals surface area contributed by atoms with Crippen molar-refractivity contribution in [3.05, 3.63) is 22.9 Å². The van der Waals surface area contributed by atoms with Gasteiger partial charge < -0.3 is 0 Å². The van der Waals surface area contributed by atoms with Crippen LogP contribution in [0, 0.1) is 6.92 Å². The van der Waals surface area contributed by atoms with Gasteiger partial charge in [-0.1, -0.05) is 11.8 Å². The molecule has 0 radical (unpaired) electrons. The van der Waals surface area contributed by atoms with Gasteiger partial charge in [-0.2, -0.15) is 13.2 Å². The van der Waals surface area contributed by atoms with E-state index in [9.17, 15) is 18.0 Å². The summed E-state index contributed by atoms with van der Waals surface area (Å²) in [6.45, 7) is 1.55. The predicted octanol–water partition coefficient (Wildman–Crippen LogP) is 2.24. The van der Waals surface area contributed by atoms with Gasteiger partial charge in [0.1, 0.15) is 22.3 Å². The summed E-state index contributed by atoms with van der Waals surface area (Å²) in [4.78, 5) is 22.7. The second-order valence-electron chi connectivity index (χ2n) is 4.10. The first kappa shape index (κ1) is 12.3. The van der Waals surface area contributed by atoms with E-state index in [-0.39, 0.29) is 5.03 Å². The molecule has 0 spiro atoms. The van der Waals surface area contributed by atoms with Crippen LogP contribution in [0.2, 0.25) is 0 Å². The lowest BCUT2D eigenvalue weighted by atomic mass is 10.0. The van der Waals surface area contributed by atoms with Gasteiger partial charge in [-0.3, -0.25) is 4.79 Å². The van der Waals surface area contributed by atoms with Crippen molar-refractivity contribution >= 4 is 29.7 Å². The van der Waals surface area contributed by atoms with Crippen LogP contribution in [0.1, 0.15) is 16.8 Å². The Morgan fingerprint density at radius 2 is 2.11 bits per heavy atom. The summed E-state index contributed by atoms with van der Waals surface area (Å²) in [5.74, 6) is -0.416. The van der Waals surface area contributed by atoms with Crippen molar-refractivity contribution in [3.8, 4) is 0 Å². The van der Waals surface area contributed by atoms with Gasteiger partial charge in [0.05, 0.1) is 5.71 Å². The van der Waals surface area contributed by atoms with E-state index < -0.39 is 23.0 Å². The third kappa shape index (κ3) is 1.86. The Kier molecular flexibility index (Phi) is 2.53. The number of alkyl halides is 3. The Bertz CT molecular complexity index is 651. The molecule has 2 aliphatic heterocycles. The summed E-state index contributed by atoms with van der Waals surface area (Å²) in [5, 5.41) is -0.482. The lowest BCUT2D eigenvalue weighted by molar-refractivity contribution is -0.141. The van der Waals surface area contributed by atoms with Gasteiger partial charge in [0.25, 0.3) is 5.91 Å². The summed E-state index contributed by atoms with van der Waals surface area (Å²) in [7, 11) is 0. The summed E-state index contributed by atoms with van der Waals surface area (Å²) >= 11 is 0.967. The summed E-state index contributed by atoms with van der Waals surface area (Å²) in [5.41, 5.74) is 0.416. The molecule has 0 saturated carbocycles. The Morgan fingerprint density at radius 1 is 1.37 bits per heavy atom. The fourth-order valence-corrected chi connectivity index (χ4v) is 3.21. The molecule has 1 aromatic heterocycles. The monoisotopic (exact) mass is 285 g/mol. The van der Waals surface area contributed by atoms with E-state index in [2.05, 4.69) is 15.0 Å². The van der Waals surface area contributed by atoms with Gasteiger partial charge in [-0.05, 0) is 18.6 Å². The molecule has 1 aromatic rings. The molecule has 19 heavy (non-hydrogen) atoms. The minimum absolute atomic E-state index is 0.190. The number of fused-ring (bicyclic) bond motifs is 3. The maximum Gasteiger partial charge on any atom is 0.433 e. The van der Waals surface area contributed by atoms with Crippen molar-refractivity contribution in [2.24, 2.45) is 9.98 Å². The highest BCUT2D eigenvalue weighted by Crippen LogP contribution is 2.41. The molecule has 0 fully saturated rings. The quantitative estimate of drug-likeness (QED) is 0.734. The number of carbonyl (C=O) groups excluding carboxylic acids is 1. The number of halogens is 3. The van der Waals surface area contributed by atoms with E-state index in [0.717, 1.165) is 24.2 Å². The number of amides is 1. The zero-order chi connectivity index (χ0) is 13.8. The van der Waals surface area contributed by atoms with Crippen LogP contribution >= 0.6 is 11.8 Å². The average Bonchev–Trinajstić information content (AvgIpc) is 2.68. The predicted molar refractivity (Wildman–Crippen MR) is 63.7 cm³/mol. The van der Waals surface area contributed by atoms with Gasteiger partial charge in [0, 0.05) is 5.56 Å². The Labute approximate surface area is 109 Å².